The summed E-state index contributed by atoms with van der Waals surface area (Å²) in [5.74, 6) is 1.07. The fourth-order valence-corrected chi connectivity index (χ4v) is 5.17. The lowest BCUT2D eigenvalue weighted by Crippen LogP contribution is -2.36. The Kier molecular flexibility index (Phi) is 7.87. The van der Waals surface area contributed by atoms with Crippen LogP contribution < -0.4 is 9.64 Å². The molecule has 0 saturated heterocycles. The first-order valence-corrected chi connectivity index (χ1v) is 13.6. The zero-order valence-electron chi connectivity index (χ0n) is 22.5. The summed E-state index contributed by atoms with van der Waals surface area (Å²) in [6, 6.07) is 20.4. The topological polar surface area (TPSA) is 60.2 Å². The average molecular weight is 509 g/mol. The zero-order chi connectivity index (χ0) is 26.5. The Balaban J connectivity index is 1.44. The average Bonchev–Trinajstić information content (AvgIpc) is 3.42. The van der Waals surface area contributed by atoms with Crippen LogP contribution in [0.15, 0.2) is 79.3 Å². The molecule has 1 aliphatic rings. The van der Waals surface area contributed by atoms with Crippen LogP contribution in [0.2, 0.25) is 0 Å². The van der Waals surface area contributed by atoms with E-state index in [-0.39, 0.29) is 11.8 Å². The van der Waals surface area contributed by atoms with Crippen LogP contribution in [0, 0.1) is 0 Å². The maximum Gasteiger partial charge on any atom is 0.234 e. The fraction of sp³-hybridized carbons (Fsp3) is 0.344. The lowest BCUT2D eigenvalue weighted by atomic mass is 9.81. The minimum atomic E-state index is -0.231. The van der Waals surface area contributed by atoms with E-state index in [9.17, 15) is 4.79 Å². The van der Waals surface area contributed by atoms with Crippen LogP contribution in [0.1, 0.15) is 73.4 Å². The standard InChI is InChI=1S/C32H36N4O2/c1-4-35-20-25(18-34-35)21-36(26-16-17-30(23(2)3)33-19-26)32(37)29-14-8-13-28-27(29)12-9-15-31(28)38-22-24-10-6-5-7-11-24/h5-7,9-12,15-20,23,29H,4,8,13-14,21-22H2,1-3H3/t29-/m0/s1. The predicted octanol–water partition coefficient (Wildman–Crippen LogP) is 6.65. The molecular weight excluding hydrogens is 472 g/mol. The van der Waals surface area contributed by atoms with Gasteiger partial charge >= 0.3 is 0 Å². The first-order valence-electron chi connectivity index (χ1n) is 13.6. The second-order valence-electron chi connectivity index (χ2n) is 10.3. The van der Waals surface area contributed by atoms with Crippen LogP contribution in [0.3, 0.4) is 0 Å². The molecule has 6 nitrogen and oxygen atoms in total. The number of carbonyl (C=O) groups is 1. The molecule has 0 fully saturated rings. The largest absolute Gasteiger partial charge is 0.489 e. The second kappa shape index (κ2) is 11.6. The molecule has 38 heavy (non-hydrogen) atoms. The number of pyridine rings is 1. The van der Waals surface area contributed by atoms with E-state index in [2.05, 4.69) is 49.1 Å². The quantitative estimate of drug-likeness (QED) is 0.254. The monoisotopic (exact) mass is 508 g/mol. The highest BCUT2D eigenvalue weighted by molar-refractivity contribution is 5.98. The highest BCUT2D eigenvalue weighted by atomic mass is 16.5. The summed E-state index contributed by atoms with van der Waals surface area (Å²) < 4.78 is 8.16. The number of carbonyl (C=O) groups excluding carboxylic acids is 1. The predicted molar refractivity (Wildman–Crippen MR) is 150 cm³/mol. The fourth-order valence-electron chi connectivity index (χ4n) is 5.17. The van der Waals surface area contributed by atoms with Crippen molar-refractivity contribution >= 4 is 11.6 Å². The lowest BCUT2D eigenvalue weighted by Gasteiger charge is -2.31. The highest BCUT2D eigenvalue weighted by Crippen LogP contribution is 2.39. The highest BCUT2D eigenvalue weighted by Gasteiger charge is 2.32. The van der Waals surface area contributed by atoms with E-state index in [1.54, 1.807) is 0 Å². The summed E-state index contributed by atoms with van der Waals surface area (Å²) >= 11 is 0. The van der Waals surface area contributed by atoms with E-state index in [0.717, 1.165) is 65.2 Å². The molecule has 0 saturated carbocycles. The zero-order valence-corrected chi connectivity index (χ0v) is 22.5. The van der Waals surface area contributed by atoms with Crippen molar-refractivity contribution in [3.05, 3.63) is 107 Å². The first kappa shape index (κ1) is 25.7. The van der Waals surface area contributed by atoms with Gasteiger partial charge in [-0.2, -0.15) is 5.10 Å². The van der Waals surface area contributed by atoms with Crippen molar-refractivity contribution in [2.75, 3.05) is 4.90 Å². The van der Waals surface area contributed by atoms with E-state index >= 15 is 0 Å². The molecule has 2 aromatic carbocycles. The van der Waals surface area contributed by atoms with Crippen LogP contribution in [0.4, 0.5) is 5.69 Å². The van der Waals surface area contributed by atoms with Crippen molar-refractivity contribution in [1.29, 1.82) is 0 Å². The van der Waals surface area contributed by atoms with E-state index in [0.29, 0.717) is 19.1 Å². The number of amides is 1. The normalized spacial score (nSPS) is 14.8. The van der Waals surface area contributed by atoms with Gasteiger partial charge in [0.1, 0.15) is 12.4 Å². The molecule has 0 unspecified atom stereocenters. The number of hydrogen-bond donors (Lipinski definition) is 0. The smallest absolute Gasteiger partial charge is 0.234 e. The van der Waals surface area contributed by atoms with Gasteiger partial charge in [0.25, 0.3) is 0 Å². The molecule has 6 heteroatoms. The number of benzene rings is 2. The van der Waals surface area contributed by atoms with Crippen LogP contribution in [-0.2, 0) is 30.9 Å². The van der Waals surface area contributed by atoms with Crippen molar-refractivity contribution in [3.63, 3.8) is 0 Å². The van der Waals surface area contributed by atoms with Gasteiger partial charge in [-0.3, -0.25) is 14.5 Å². The number of aromatic nitrogens is 3. The molecule has 2 heterocycles. The molecule has 5 rings (SSSR count). The van der Waals surface area contributed by atoms with Gasteiger partial charge in [-0.1, -0.05) is 56.3 Å². The van der Waals surface area contributed by atoms with Crippen molar-refractivity contribution in [3.8, 4) is 5.75 Å². The van der Waals surface area contributed by atoms with Crippen molar-refractivity contribution in [2.24, 2.45) is 0 Å². The molecule has 0 bridgehead atoms. The summed E-state index contributed by atoms with van der Waals surface area (Å²) in [4.78, 5) is 20.8. The number of anilines is 1. The van der Waals surface area contributed by atoms with Crippen LogP contribution >= 0.6 is 0 Å². The minimum absolute atomic E-state index is 0.0921. The molecule has 2 aromatic heterocycles. The van der Waals surface area contributed by atoms with Crippen molar-refractivity contribution in [1.82, 2.24) is 14.8 Å². The molecule has 1 amide bonds. The Morgan fingerprint density at radius 1 is 1.05 bits per heavy atom. The van der Waals surface area contributed by atoms with Gasteiger partial charge in [-0.05, 0) is 67.0 Å². The molecule has 196 valence electrons. The van der Waals surface area contributed by atoms with Gasteiger partial charge in [0.2, 0.25) is 5.91 Å². The number of hydrogen-bond acceptors (Lipinski definition) is 4. The van der Waals surface area contributed by atoms with Crippen LogP contribution in [0.25, 0.3) is 0 Å². The van der Waals surface area contributed by atoms with Gasteiger partial charge in [0.15, 0.2) is 0 Å². The van der Waals surface area contributed by atoms with Gasteiger partial charge in [0, 0.05) is 24.0 Å². The maximum atomic E-state index is 14.3. The molecule has 0 N–H and O–H groups in total. The molecular formula is C32H36N4O2. The summed E-state index contributed by atoms with van der Waals surface area (Å²) in [7, 11) is 0. The van der Waals surface area contributed by atoms with E-state index in [4.69, 9.17) is 4.74 Å². The van der Waals surface area contributed by atoms with Crippen LogP contribution in [-0.4, -0.2) is 20.7 Å². The number of nitrogens with zero attached hydrogens (tertiary/aromatic N) is 4. The maximum absolute atomic E-state index is 14.3. The summed E-state index contributed by atoms with van der Waals surface area (Å²) in [5.41, 5.74) is 6.19. The summed E-state index contributed by atoms with van der Waals surface area (Å²) in [5, 5.41) is 4.43. The molecule has 4 aromatic rings. The third kappa shape index (κ3) is 5.64. The SMILES string of the molecule is CCn1cc(CN(C(=O)[C@H]2CCCc3c(OCc4ccccc4)cccc32)c2ccc(C(C)C)nc2)cn1. The number of ether oxygens (including phenoxy) is 1. The first-order chi connectivity index (χ1) is 18.5. The second-order valence-corrected chi connectivity index (χ2v) is 10.3. The van der Waals surface area contributed by atoms with Crippen LogP contribution in [0.5, 0.6) is 5.75 Å². The molecule has 0 aliphatic heterocycles. The van der Waals surface area contributed by atoms with Gasteiger partial charge < -0.3 is 9.64 Å². The number of aryl methyl sites for hydroxylation is 1. The van der Waals surface area contributed by atoms with Crippen molar-refractivity contribution < 1.29 is 9.53 Å². The lowest BCUT2D eigenvalue weighted by molar-refractivity contribution is -0.120. The third-order valence-electron chi connectivity index (χ3n) is 7.29. The molecule has 1 aliphatic carbocycles. The Morgan fingerprint density at radius 2 is 1.89 bits per heavy atom. The van der Waals surface area contributed by atoms with E-state index in [1.165, 1.54) is 0 Å². The Bertz CT molecular complexity index is 1360. The summed E-state index contributed by atoms with van der Waals surface area (Å²) in [6.07, 6.45) is 8.38. The van der Waals surface area contributed by atoms with Gasteiger partial charge in [0.05, 0.1) is 30.5 Å². The van der Waals surface area contributed by atoms with Gasteiger partial charge in [-0.15, -0.1) is 0 Å². The minimum Gasteiger partial charge on any atom is -0.489 e. The Labute approximate surface area is 225 Å². The van der Waals surface area contributed by atoms with Gasteiger partial charge in [-0.25, -0.2) is 0 Å². The Hall–Kier alpha value is -3.93. The third-order valence-corrected chi connectivity index (χ3v) is 7.29. The van der Waals surface area contributed by atoms with E-state index < -0.39 is 0 Å². The molecule has 0 spiro atoms. The van der Waals surface area contributed by atoms with E-state index in [1.807, 2.05) is 70.6 Å². The number of rotatable bonds is 9. The summed E-state index contributed by atoms with van der Waals surface area (Å²) in [6.45, 7) is 8.07. The molecule has 1 atom stereocenters. The Morgan fingerprint density at radius 3 is 2.61 bits per heavy atom. The molecule has 0 radical (unpaired) electrons. The van der Waals surface area contributed by atoms with Crippen molar-refractivity contribution in [2.45, 2.75) is 71.6 Å². The number of fused-ring (bicyclic) bond motifs is 1.